The number of nitrogens with two attached hydrogens (primary N) is 1. The number of nitrogen functional groups attached to an aromatic ring is 1. The van der Waals surface area contributed by atoms with Crippen molar-refractivity contribution in [3.8, 4) is 0 Å². The lowest BCUT2D eigenvalue weighted by Crippen LogP contribution is -2.13. The third-order valence-electron chi connectivity index (χ3n) is 3.56. The Kier molecular flexibility index (Phi) is 4.10. The van der Waals surface area contributed by atoms with Crippen molar-refractivity contribution in [2.45, 2.75) is 26.3 Å². The number of benzene rings is 2. The minimum atomic E-state index is -0.237. The van der Waals surface area contributed by atoms with Crippen LogP contribution in [0.25, 0.3) is 10.9 Å². The fourth-order valence-electron chi connectivity index (χ4n) is 2.58. The second-order valence-electron chi connectivity index (χ2n) is 5.85. The van der Waals surface area contributed by atoms with Gasteiger partial charge in [-0.2, -0.15) is 4.98 Å². The van der Waals surface area contributed by atoms with Gasteiger partial charge in [0.25, 0.3) is 0 Å². The van der Waals surface area contributed by atoms with Crippen molar-refractivity contribution in [3.63, 3.8) is 0 Å². The van der Waals surface area contributed by atoms with E-state index in [9.17, 15) is 4.39 Å². The highest BCUT2D eigenvalue weighted by molar-refractivity contribution is 5.92. The monoisotopic (exact) mass is 310 g/mol. The number of rotatable bonds is 4. The molecule has 4 nitrogen and oxygen atoms in total. The van der Waals surface area contributed by atoms with Crippen molar-refractivity contribution in [3.05, 3.63) is 59.4 Å². The second kappa shape index (κ2) is 6.20. The summed E-state index contributed by atoms with van der Waals surface area (Å²) in [6.07, 6.45) is 0.655. The normalized spacial score (nSPS) is 11.1. The molecule has 0 radical (unpaired) electrons. The third-order valence-corrected chi connectivity index (χ3v) is 3.56. The Morgan fingerprint density at radius 1 is 1.09 bits per heavy atom. The van der Waals surface area contributed by atoms with Crippen molar-refractivity contribution in [2.75, 3.05) is 11.1 Å². The molecule has 1 heterocycles. The van der Waals surface area contributed by atoms with Crippen LogP contribution in [0.4, 0.5) is 16.2 Å². The Balaban J connectivity index is 2.02. The van der Waals surface area contributed by atoms with Crippen molar-refractivity contribution >= 4 is 22.7 Å². The van der Waals surface area contributed by atoms with Gasteiger partial charge in [-0.25, -0.2) is 9.37 Å². The molecule has 0 amide bonds. The van der Waals surface area contributed by atoms with Crippen LogP contribution in [0.5, 0.6) is 0 Å². The molecule has 0 saturated carbocycles. The van der Waals surface area contributed by atoms with E-state index in [1.54, 1.807) is 12.1 Å². The summed E-state index contributed by atoms with van der Waals surface area (Å²) in [7, 11) is 0. The molecule has 2 aromatic carbocycles. The summed E-state index contributed by atoms with van der Waals surface area (Å²) < 4.78 is 13.0. The second-order valence-corrected chi connectivity index (χ2v) is 5.85. The lowest BCUT2D eigenvalue weighted by molar-refractivity contribution is 0.627. The molecule has 0 atom stereocenters. The Morgan fingerprint density at radius 2 is 1.83 bits per heavy atom. The maximum absolute atomic E-state index is 13.0. The summed E-state index contributed by atoms with van der Waals surface area (Å²) >= 11 is 0. The van der Waals surface area contributed by atoms with Gasteiger partial charge in [-0.15, -0.1) is 0 Å². The molecule has 118 valence electrons. The Hall–Kier alpha value is -2.69. The molecule has 23 heavy (non-hydrogen) atoms. The first-order chi connectivity index (χ1) is 11.0. The zero-order valence-corrected chi connectivity index (χ0v) is 13.2. The van der Waals surface area contributed by atoms with E-state index in [0.29, 0.717) is 18.2 Å². The van der Waals surface area contributed by atoms with Gasteiger partial charge in [0.2, 0.25) is 5.95 Å². The van der Waals surface area contributed by atoms with Crippen LogP contribution in [0.2, 0.25) is 0 Å². The number of nitrogens with zero attached hydrogens (tertiary/aromatic N) is 2. The first-order valence-electron chi connectivity index (χ1n) is 7.59. The van der Waals surface area contributed by atoms with Gasteiger partial charge in [0.15, 0.2) is 0 Å². The van der Waals surface area contributed by atoms with Crippen molar-refractivity contribution < 1.29 is 4.39 Å². The van der Waals surface area contributed by atoms with Gasteiger partial charge in [0.1, 0.15) is 11.6 Å². The van der Waals surface area contributed by atoms with Crippen LogP contribution >= 0.6 is 0 Å². The van der Waals surface area contributed by atoms with Gasteiger partial charge in [-0.1, -0.05) is 24.3 Å². The molecule has 0 bridgehead atoms. The molecule has 0 aliphatic carbocycles. The quantitative estimate of drug-likeness (QED) is 0.770. The minimum Gasteiger partial charge on any atom is -0.383 e. The molecule has 0 aliphatic rings. The highest BCUT2D eigenvalue weighted by atomic mass is 19.1. The molecule has 3 rings (SSSR count). The zero-order valence-electron chi connectivity index (χ0n) is 13.2. The number of fused-ring (bicyclic) bond motifs is 1. The van der Waals surface area contributed by atoms with Gasteiger partial charge in [-0.3, -0.25) is 0 Å². The van der Waals surface area contributed by atoms with Crippen molar-refractivity contribution in [1.82, 2.24) is 9.97 Å². The summed E-state index contributed by atoms with van der Waals surface area (Å²) in [5.41, 5.74) is 9.01. The summed E-state index contributed by atoms with van der Waals surface area (Å²) in [4.78, 5) is 8.88. The van der Waals surface area contributed by atoms with Gasteiger partial charge in [0.05, 0.1) is 5.52 Å². The topological polar surface area (TPSA) is 63.8 Å². The maximum atomic E-state index is 13.0. The smallest absolute Gasteiger partial charge is 0.225 e. The summed E-state index contributed by atoms with van der Waals surface area (Å²) in [5, 5.41) is 4.02. The first-order valence-corrected chi connectivity index (χ1v) is 7.59. The average Bonchev–Trinajstić information content (AvgIpc) is 2.49. The number of anilines is 2. The van der Waals surface area contributed by atoms with Crippen LogP contribution in [-0.4, -0.2) is 16.0 Å². The molecule has 1 aromatic heterocycles. The Morgan fingerprint density at radius 3 is 2.52 bits per heavy atom. The number of aromatic nitrogens is 2. The Bertz CT molecular complexity index is 828. The van der Waals surface area contributed by atoms with E-state index in [0.717, 1.165) is 22.0 Å². The summed E-state index contributed by atoms with van der Waals surface area (Å²) in [6, 6.07) is 12.6. The zero-order chi connectivity index (χ0) is 16.4. The minimum absolute atomic E-state index is 0.231. The molecular weight excluding hydrogens is 291 g/mol. The fraction of sp³-hybridized carbons (Fsp3) is 0.222. The van der Waals surface area contributed by atoms with Crippen LogP contribution in [0.3, 0.4) is 0 Å². The standard InChI is InChI=1S/C18H19FN4/c1-11(2)21-18-22-15-5-3-4-13(16(15)17(20)23-18)10-12-6-8-14(19)9-7-12/h3-9,11H,10H2,1-2H3,(H3,20,21,22,23). The van der Waals surface area contributed by atoms with Crippen LogP contribution in [0.1, 0.15) is 25.0 Å². The summed E-state index contributed by atoms with van der Waals surface area (Å²) in [5.74, 6) is 0.749. The van der Waals surface area contributed by atoms with E-state index in [-0.39, 0.29) is 11.9 Å². The maximum Gasteiger partial charge on any atom is 0.225 e. The van der Waals surface area contributed by atoms with Crippen LogP contribution in [-0.2, 0) is 6.42 Å². The van der Waals surface area contributed by atoms with Crippen molar-refractivity contribution in [1.29, 1.82) is 0 Å². The first kappa shape index (κ1) is 15.2. The highest BCUT2D eigenvalue weighted by Gasteiger charge is 2.10. The molecule has 3 aromatic rings. The molecule has 0 unspecified atom stereocenters. The molecule has 0 aliphatic heterocycles. The highest BCUT2D eigenvalue weighted by Crippen LogP contribution is 2.26. The van der Waals surface area contributed by atoms with Crippen LogP contribution < -0.4 is 11.1 Å². The van der Waals surface area contributed by atoms with Crippen LogP contribution in [0, 0.1) is 5.82 Å². The molecule has 3 N–H and O–H groups in total. The van der Waals surface area contributed by atoms with Gasteiger partial charge in [0, 0.05) is 11.4 Å². The van der Waals surface area contributed by atoms with Gasteiger partial charge in [-0.05, 0) is 49.6 Å². The van der Waals surface area contributed by atoms with Gasteiger partial charge >= 0.3 is 0 Å². The van der Waals surface area contributed by atoms with E-state index in [2.05, 4.69) is 15.3 Å². The molecular formula is C18H19FN4. The number of nitrogens with one attached hydrogen (secondary N) is 1. The van der Waals surface area contributed by atoms with Crippen LogP contribution in [0.15, 0.2) is 42.5 Å². The number of hydrogen-bond donors (Lipinski definition) is 2. The number of hydrogen-bond acceptors (Lipinski definition) is 4. The molecule has 0 spiro atoms. The predicted molar refractivity (Wildman–Crippen MR) is 91.9 cm³/mol. The molecule has 0 fully saturated rings. The molecule has 5 heteroatoms. The average molecular weight is 310 g/mol. The molecule has 0 saturated heterocycles. The van der Waals surface area contributed by atoms with E-state index in [4.69, 9.17) is 5.73 Å². The SMILES string of the molecule is CC(C)Nc1nc(N)c2c(Cc3ccc(F)cc3)cccc2n1. The third kappa shape index (κ3) is 3.39. The Labute approximate surface area is 134 Å². The van der Waals surface area contributed by atoms with Crippen molar-refractivity contribution in [2.24, 2.45) is 0 Å². The fourth-order valence-corrected chi connectivity index (χ4v) is 2.58. The number of halogens is 1. The van der Waals surface area contributed by atoms with E-state index < -0.39 is 0 Å². The van der Waals surface area contributed by atoms with E-state index in [1.807, 2.05) is 32.0 Å². The predicted octanol–water partition coefficient (Wildman–Crippen LogP) is 3.76. The van der Waals surface area contributed by atoms with E-state index in [1.165, 1.54) is 12.1 Å². The lowest BCUT2D eigenvalue weighted by Gasteiger charge is -2.12. The summed E-state index contributed by atoms with van der Waals surface area (Å²) in [6.45, 7) is 4.05. The van der Waals surface area contributed by atoms with E-state index >= 15 is 0 Å². The lowest BCUT2D eigenvalue weighted by atomic mass is 10.0. The largest absolute Gasteiger partial charge is 0.383 e. The van der Waals surface area contributed by atoms with Gasteiger partial charge < -0.3 is 11.1 Å².